The van der Waals surface area contributed by atoms with Gasteiger partial charge in [-0.3, -0.25) is 9.59 Å². The molecule has 0 spiro atoms. The van der Waals surface area contributed by atoms with Crippen LogP contribution in [0.4, 0.5) is 18.9 Å². The molecule has 3 atom stereocenters. The Hall–Kier alpha value is -2.60. The van der Waals surface area contributed by atoms with Crippen molar-refractivity contribution in [2.75, 3.05) is 18.4 Å². The maximum atomic E-state index is 13.7. The highest BCUT2D eigenvalue weighted by atomic mass is 19.2. The van der Waals surface area contributed by atoms with Gasteiger partial charge in [0.1, 0.15) is 11.9 Å². The Balaban J connectivity index is 1.48. The third kappa shape index (κ3) is 4.44. The molecule has 1 aliphatic carbocycles. The molecule has 1 heterocycles. The van der Waals surface area contributed by atoms with E-state index in [1.54, 1.807) is 4.90 Å². The lowest BCUT2D eigenvalue weighted by atomic mass is 10.1. The summed E-state index contributed by atoms with van der Waals surface area (Å²) in [7, 11) is 0. The third-order valence-corrected chi connectivity index (χ3v) is 5.34. The fraction of sp³-hybridized carbons (Fsp3) is 0.526. The lowest BCUT2D eigenvalue weighted by Crippen LogP contribution is -2.43. The van der Waals surface area contributed by atoms with Crippen molar-refractivity contribution >= 4 is 17.5 Å². The number of hydrogen-bond acceptors (Lipinski definition) is 4. The minimum atomic E-state index is -1.32. The first-order chi connectivity index (χ1) is 13.4. The molecule has 9 heteroatoms. The molecule has 2 amide bonds. The summed E-state index contributed by atoms with van der Waals surface area (Å²) in [6.45, 7) is 0.670. The zero-order chi connectivity index (χ0) is 20.3. The van der Waals surface area contributed by atoms with Crippen molar-refractivity contribution in [2.45, 2.75) is 44.2 Å². The zero-order valence-corrected chi connectivity index (χ0v) is 15.2. The van der Waals surface area contributed by atoms with Crippen LogP contribution in [0.5, 0.6) is 0 Å². The predicted molar refractivity (Wildman–Crippen MR) is 94.4 cm³/mol. The summed E-state index contributed by atoms with van der Waals surface area (Å²) in [5.74, 6) is -4.62. The minimum absolute atomic E-state index is 0.0577. The molecule has 0 radical (unpaired) electrons. The lowest BCUT2D eigenvalue weighted by Gasteiger charge is -2.21. The van der Waals surface area contributed by atoms with E-state index >= 15 is 0 Å². The smallest absolute Gasteiger partial charge is 0.237 e. The summed E-state index contributed by atoms with van der Waals surface area (Å²) < 4.78 is 39.9. The van der Waals surface area contributed by atoms with Crippen LogP contribution in [0.1, 0.15) is 32.1 Å². The van der Waals surface area contributed by atoms with Crippen LogP contribution in [0.25, 0.3) is 0 Å². The summed E-state index contributed by atoms with van der Waals surface area (Å²) in [5.41, 5.74) is -0.396. The van der Waals surface area contributed by atoms with Crippen LogP contribution in [0.2, 0.25) is 0 Å². The molecule has 1 aromatic rings. The van der Waals surface area contributed by atoms with E-state index in [0.717, 1.165) is 6.42 Å². The van der Waals surface area contributed by atoms with Crippen molar-refractivity contribution in [2.24, 2.45) is 5.92 Å². The molecule has 28 heavy (non-hydrogen) atoms. The molecule has 2 N–H and O–H groups in total. The van der Waals surface area contributed by atoms with E-state index in [2.05, 4.69) is 16.7 Å². The van der Waals surface area contributed by atoms with Crippen molar-refractivity contribution in [1.82, 2.24) is 10.2 Å². The largest absolute Gasteiger partial charge is 0.326 e. The van der Waals surface area contributed by atoms with E-state index in [4.69, 9.17) is 5.26 Å². The first-order valence-corrected chi connectivity index (χ1v) is 9.27. The Morgan fingerprint density at radius 3 is 2.64 bits per heavy atom. The topological polar surface area (TPSA) is 85.2 Å². The van der Waals surface area contributed by atoms with Gasteiger partial charge in [0.25, 0.3) is 0 Å². The van der Waals surface area contributed by atoms with Crippen LogP contribution >= 0.6 is 0 Å². The Morgan fingerprint density at radius 1 is 1.14 bits per heavy atom. The third-order valence-electron chi connectivity index (χ3n) is 5.34. The SMILES string of the molecule is N#C[C@@H]1CCCN1C(=O)CNC1CCC(C(=O)Nc2cc(F)c(F)cc2F)C1. The van der Waals surface area contributed by atoms with Gasteiger partial charge in [0.05, 0.1) is 18.3 Å². The number of rotatable bonds is 5. The van der Waals surface area contributed by atoms with Crippen molar-refractivity contribution in [1.29, 1.82) is 5.26 Å². The number of carbonyl (C=O) groups excluding carboxylic acids is 2. The predicted octanol–water partition coefficient (Wildman–Crippen LogP) is 2.32. The minimum Gasteiger partial charge on any atom is -0.326 e. The fourth-order valence-electron chi connectivity index (χ4n) is 3.79. The standard InChI is InChI=1S/C19H21F3N4O2/c20-14-7-16(22)17(8-15(14)21)25-19(28)11-3-4-12(6-11)24-10-18(27)26-5-1-2-13(26)9-23/h7-8,11-13,24H,1-6,10H2,(H,25,28)/t11?,12?,13-/m0/s1. The van der Waals surface area contributed by atoms with Crippen molar-refractivity contribution < 1.29 is 22.8 Å². The number of hydrogen-bond donors (Lipinski definition) is 2. The normalized spacial score (nSPS) is 24.2. The van der Waals surface area contributed by atoms with Crippen LogP contribution < -0.4 is 10.6 Å². The second-order valence-electron chi connectivity index (χ2n) is 7.20. The summed E-state index contributed by atoms with van der Waals surface area (Å²) in [6, 6.07) is 2.70. The molecule has 2 unspecified atom stereocenters. The first kappa shape index (κ1) is 20.1. The average molecular weight is 394 g/mol. The van der Waals surface area contributed by atoms with Crippen LogP contribution in [0, 0.1) is 34.7 Å². The van der Waals surface area contributed by atoms with Gasteiger partial charge in [-0.05, 0) is 32.1 Å². The Morgan fingerprint density at radius 2 is 1.89 bits per heavy atom. The van der Waals surface area contributed by atoms with Gasteiger partial charge in [-0.25, -0.2) is 13.2 Å². The van der Waals surface area contributed by atoms with E-state index in [0.29, 0.717) is 44.4 Å². The number of nitriles is 1. The Labute approximate surface area is 160 Å². The molecule has 2 fully saturated rings. The molecule has 0 aromatic heterocycles. The average Bonchev–Trinajstić information content (AvgIpc) is 3.33. The molecule has 6 nitrogen and oxygen atoms in total. The van der Waals surface area contributed by atoms with Gasteiger partial charge in [-0.1, -0.05) is 0 Å². The fourth-order valence-corrected chi connectivity index (χ4v) is 3.79. The monoisotopic (exact) mass is 394 g/mol. The number of benzene rings is 1. The van der Waals surface area contributed by atoms with Gasteiger partial charge in [-0.2, -0.15) is 5.26 Å². The maximum absolute atomic E-state index is 13.7. The molecule has 150 valence electrons. The number of anilines is 1. The summed E-state index contributed by atoms with van der Waals surface area (Å²) in [4.78, 5) is 26.1. The van der Waals surface area contributed by atoms with Crippen LogP contribution in [0.3, 0.4) is 0 Å². The van der Waals surface area contributed by atoms with Gasteiger partial charge < -0.3 is 15.5 Å². The highest BCUT2D eigenvalue weighted by Gasteiger charge is 2.32. The van der Waals surface area contributed by atoms with Crippen molar-refractivity contribution in [3.05, 3.63) is 29.6 Å². The second kappa shape index (κ2) is 8.61. The van der Waals surface area contributed by atoms with Crippen LogP contribution in [-0.2, 0) is 9.59 Å². The number of carbonyl (C=O) groups is 2. The molecule has 3 rings (SSSR count). The molecule has 1 aliphatic heterocycles. The molecule has 1 aromatic carbocycles. The highest BCUT2D eigenvalue weighted by molar-refractivity contribution is 5.92. The number of likely N-dealkylation sites (tertiary alicyclic amines) is 1. The maximum Gasteiger partial charge on any atom is 0.237 e. The Bertz CT molecular complexity index is 811. The number of amides is 2. The lowest BCUT2D eigenvalue weighted by molar-refractivity contribution is -0.130. The Kier molecular flexibility index (Phi) is 6.19. The van der Waals surface area contributed by atoms with Gasteiger partial charge in [-0.15, -0.1) is 0 Å². The van der Waals surface area contributed by atoms with E-state index in [1.807, 2.05) is 0 Å². The summed E-state index contributed by atoms with van der Waals surface area (Å²) >= 11 is 0. The van der Waals surface area contributed by atoms with E-state index in [9.17, 15) is 22.8 Å². The van der Waals surface area contributed by atoms with Gasteiger partial charge in [0, 0.05) is 30.6 Å². The van der Waals surface area contributed by atoms with Gasteiger partial charge in [0.15, 0.2) is 11.6 Å². The number of halogens is 3. The molecule has 2 aliphatic rings. The molecular formula is C19H21F3N4O2. The van der Waals surface area contributed by atoms with Crippen molar-refractivity contribution in [3.63, 3.8) is 0 Å². The number of nitrogens with zero attached hydrogens (tertiary/aromatic N) is 2. The zero-order valence-electron chi connectivity index (χ0n) is 15.2. The van der Waals surface area contributed by atoms with Crippen LogP contribution in [-0.4, -0.2) is 41.9 Å². The first-order valence-electron chi connectivity index (χ1n) is 9.27. The molecule has 1 saturated carbocycles. The second-order valence-corrected chi connectivity index (χ2v) is 7.20. The molecule has 1 saturated heterocycles. The quantitative estimate of drug-likeness (QED) is 0.751. The number of nitrogens with one attached hydrogen (secondary N) is 2. The van der Waals surface area contributed by atoms with E-state index < -0.39 is 35.0 Å². The van der Waals surface area contributed by atoms with Crippen molar-refractivity contribution in [3.8, 4) is 6.07 Å². The van der Waals surface area contributed by atoms with E-state index in [-0.39, 0.29) is 24.5 Å². The van der Waals surface area contributed by atoms with Crippen LogP contribution in [0.15, 0.2) is 12.1 Å². The summed E-state index contributed by atoms with van der Waals surface area (Å²) in [6.07, 6.45) is 3.15. The van der Waals surface area contributed by atoms with Gasteiger partial charge in [0.2, 0.25) is 11.8 Å². The highest BCUT2D eigenvalue weighted by Crippen LogP contribution is 2.28. The summed E-state index contributed by atoms with van der Waals surface area (Å²) in [5, 5.41) is 14.5. The molecule has 0 bridgehead atoms. The molecular weight excluding hydrogens is 373 g/mol. The van der Waals surface area contributed by atoms with E-state index in [1.165, 1.54) is 0 Å². The van der Waals surface area contributed by atoms with Gasteiger partial charge >= 0.3 is 0 Å².